The molecule has 14 heteroatoms. The zero-order chi connectivity index (χ0) is 39.4. The van der Waals surface area contributed by atoms with E-state index in [9.17, 15) is 14.4 Å². The van der Waals surface area contributed by atoms with Gasteiger partial charge < -0.3 is 34.2 Å². The van der Waals surface area contributed by atoms with Crippen LogP contribution in [0.15, 0.2) is 48.7 Å². The topological polar surface area (TPSA) is 114 Å². The molecule has 3 heterocycles. The van der Waals surface area contributed by atoms with Crippen LogP contribution in [0.5, 0.6) is 5.75 Å². The average Bonchev–Trinajstić information content (AvgIpc) is 3.88. The van der Waals surface area contributed by atoms with Gasteiger partial charge in [-0.05, 0) is 99.9 Å². The van der Waals surface area contributed by atoms with Gasteiger partial charge >= 0.3 is 12.2 Å². The van der Waals surface area contributed by atoms with Crippen molar-refractivity contribution >= 4 is 58.7 Å². The Hall–Kier alpha value is -3.93. The van der Waals surface area contributed by atoms with Crippen LogP contribution in [-0.4, -0.2) is 90.5 Å². The number of hydrogen-bond donors (Lipinski definition) is 1. The SMILES string of the molecule is COC(=O)NCCc1ccc(Cl)c(CN(C(=O)C2CN(C(=O)OC(C)(C)C)CCC2c2ccc(N3CC[C@@H](Oc4c(Cl)cc(C)cc4Cl)C3)nc2)C2CC2)c1. The number of hydrogen-bond acceptors (Lipinski definition) is 8. The summed E-state index contributed by atoms with van der Waals surface area (Å²) < 4.78 is 16.7. The Labute approximate surface area is 338 Å². The van der Waals surface area contributed by atoms with Crippen LogP contribution < -0.4 is 15.0 Å². The molecule has 3 amide bonds. The number of pyridine rings is 1. The molecule has 55 heavy (non-hydrogen) atoms. The number of piperidine rings is 1. The number of nitrogens with zero attached hydrogens (tertiary/aromatic N) is 4. The van der Waals surface area contributed by atoms with Crippen molar-refractivity contribution in [2.24, 2.45) is 5.92 Å². The van der Waals surface area contributed by atoms with Crippen molar-refractivity contribution in [3.63, 3.8) is 0 Å². The van der Waals surface area contributed by atoms with Gasteiger partial charge in [0.1, 0.15) is 17.5 Å². The monoisotopic (exact) mass is 813 g/mol. The van der Waals surface area contributed by atoms with Crippen molar-refractivity contribution in [3.05, 3.63) is 86.0 Å². The van der Waals surface area contributed by atoms with Crippen molar-refractivity contribution < 1.29 is 28.6 Å². The van der Waals surface area contributed by atoms with Gasteiger partial charge in [-0.2, -0.15) is 0 Å². The molecule has 296 valence electrons. The number of alkyl carbamates (subject to hydrolysis) is 1. The second-order valence-electron chi connectivity index (χ2n) is 15.7. The van der Waals surface area contributed by atoms with Gasteiger partial charge in [-0.25, -0.2) is 14.6 Å². The number of anilines is 1. The zero-order valence-corrected chi connectivity index (χ0v) is 34.3. The summed E-state index contributed by atoms with van der Waals surface area (Å²) in [4.78, 5) is 50.4. The molecule has 0 spiro atoms. The molecule has 1 aliphatic carbocycles. The summed E-state index contributed by atoms with van der Waals surface area (Å²) in [6, 6.07) is 13.6. The number of carbonyl (C=O) groups is 3. The molecule has 2 aliphatic heterocycles. The van der Waals surface area contributed by atoms with Crippen molar-refractivity contribution in [1.82, 2.24) is 20.1 Å². The van der Waals surface area contributed by atoms with E-state index in [4.69, 9.17) is 49.3 Å². The Morgan fingerprint density at radius 2 is 1.69 bits per heavy atom. The van der Waals surface area contributed by atoms with Crippen molar-refractivity contribution in [3.8, 4) is 5.75 Å². The lowest BCUT2D eigenvalue weighted by molar-refractivity contribution is -0.139. The van der Waals surface area contributed by atoms with Gasteiger partial charge in [0, 0.05) is 62.3 Å². The molecule has 1 aromatic heterocycles. The summed E-state index contributed by atoms with van der Waals surface area (Å²) >= 11 is 19.6. The first-order valence-corrected chi connectivity index (χ1v) is 20.0. The molecule has 3 aliphatic rings. The predicted octanol–water partition coefficient (Wildman–Crippen LogP) is 8.44. The first-order chi connectivity index (χ1) is 26.2. The Morgan fingerprint density at radius 3 is 2.35 bits per heavy atom. The second-order valence-corrected chi connectivity index (χ2v) is 16.9. The smallest absolute Gasteiger partial charge is 0.410 e. The molecular formula is C41H50Cl3N5O6. The lowest BCUT2D eigenvalue weighted by atomic mass is 9.80. The molecule has 3 atom stereocenters. The predicted molar refractivity (Wildman–Crippen MR) is 214 cm³/mol. The Balaban J connectivity index is 1.19. The normalized spacial score (nSPS) is 19.9. The molecule has 2 aromatic carbocycles. The molecular weight excluding hydrogens is 765 g/mol. The number of aromatic nitrogens is 1. The van der Waals surface area contributed by atoms with E-state index in [2.05, 4.69) is 21.0 Å². The van der Waals surface area contributed by atoms with Gasteiger partial charge in [-0.1, -0.05) is 53.0 Å². The number of likely N-dealkylation sites (tertiary alicyclic amines) is 1. The minimum atomic E-state index is -0.667. The summed E-state index contributed by atoms with van der Waals surface area (Å²) in [5.41, 5.74) is 3.07. The van der Waals surface area contributed by atoms with Crippen LogP contribution in [0.2, 0.25) is 15.1 Å². The first kappa shape index (κ1) is 40.7. The highest BCUT2D eigenvalue weighted by Crippen LogP contribution is 2.40. The quantitative estimate of drug-likeness (QED) is 0.205. The largest absolute Gasteiger partial charge is 0.485 e. The van der Waals surface area contributed by atoms with Gasteiger partial charge in [-0.15, -0.1) is 0 Å². The lowest BCUT2D eigenvalue weighted by Crippen LogP contribution is -2.51. The molecule has 0 radical (unpaired) electrons. The van der Waals surface area contributed by atoms with E-state index in [1.807, 2.05) is 75.2 Å². The third-order valence-corrected chi connectivity index (χ3v) is 11.2. The van der Waals surface area contributed by atoms with E-state index in [0.29, 0.717) is 59.8 Å². The number of carbonyl (C=O) groups excluding carboxylic acids is 3. The first-order valence-electron chi connectivity index (χ1n) is 18.9. The van der Waals surface area contributed by atoms with E-state index < -0.39 is 23.7 Å². The van der Waals surface area contributed by atoms with Crippen LogP contribution in [0.4, 0.5) is 15.4 Å². The minimum absolute atomic E-state index is 0.0216. The number of benzene rings is 2. The van der Waals surface area contributed by atoms with Crippen LogP contribution in [0.25, 0.3) is 0 Å². The molecule has 3 fully saturated rings. The van der Waals surface area contributed by atoms with E-state index in [0.717, 1.165) is 53.9 Å². The fraction of sp³-hybridized carbons (Fsp3) is 0.512. The van der Waals surface area contributed by atoms with Crippen LogP contribution in [0.1, 0.15) is 74.6 Å². The number of aryl methyl sites for hydroxylation is 1. The highest BCUT2D eigenvalue weighted by atomic mass is 35.5. The fourth-order valence-electron chi connectivity index (χ4n) is 7.35. The molecule has 1 N–H and O–H groups in total. The van der Waals surface area contributed by atoms with Gasteiger partial charge in [0.05, 0.1) is 29.6 Å². The standard InChI is InChI=1S/C41H50Cl3N5O6/c1-25-18-34(43)37(35(44)19-25)54-30-13-16-47(23-30)36-11-7-27(21-46-36)31-14-17-48(40(52)55-41(2,3)4)24-32(31)38(50)49(29-8-9-29)22-28-20-26(6-10-33(28)42)12-15-45-39(51)53-5/h6-7,10-11,18-21,29-32H,8-9,12-17,22-24H2,1-5H3,(H,45,51)/t30-,31?,32?/m1/s1. The summed E-state index contributed by atoms with van der Waals surface area (Å²) in [5, 5.41) is 4.26. The maximum absolute atomic E-state index is 14.8. The molecule has 6 rings (SSSR count). The molecule has 11 nitrogen and oxygen atoms in total. The second kappa shape index (κ2) is 17.5. The molecule has 3 aromatic rings. The van der Waals surface area contributed by atoms with Crippen LogP contribution in [0, 0.1) is 12.8 Å². The van der Waals surface area contributed by atoms with Gasteiger partial charge in [0.25, 0.3) is 0 Å². The summed E-state index contributed by atoms with van der Waals surface area (Å²) in [5.74, 6) is 0.614. The third kappa shape index (κ3) is 10.5. The van der Waals surface area contributed by atoms with Crippen LogP contribution in [0.3, 0.4) is 0 Å². The summed E-state index contributed by atoms with van der Waals surface area (Å²) in [6.07, 6.45) is 4.61. The van der Waals surface area contributed by atoms with Crippen LogP contribution in [-0.2, 0) is 27.2 Å². The average molecular weight is 815 g/mol. The third-order valence-electron chi connectivity index (χ3n) is 10.3. The van der Waals surface area contributed by atoms with Crippen molar-refractivity contribution in [2.45, 2.75) is 90.0 Å². The Kier molecular flexibility index (Phi) is 12.9. The molecule has 1 saturated carbocycles. The van der Waals surface area contributed by atoms with Gasteiger partial charge in [-0.3, -0.25) is 4.79 Å². The molecule has 2 unspecified atom stereocenters. The Bertz CT molecular complexity index is 1840. The van der Waals surface area contributed by atoms with Gasteiger partial charge in [0.15, 0.2) is 5.75 Å². The number of halogens is 3. The summed E-state index contributed by atoms with van der Waals surface area (Å²) in [7, 11) is 1.33. The highest BCUT2D eigenvalue weighted by molar-refractivity contribution is 6.37. The van der Waals surface area contributed by atoms with Crippen molar-refractivity contribution in [1.29, 1.82) is 0 Å². The molecule has 2 saturated heterocycles. The maximum Gasteiger partial charge on any atom is 0.410 e. The lowest BCUT2D eigenvalue weighted by Gasteiger charge is -2.40. The number of amides is 3. The van der Waals surface area contributed by atoms with E-state index in [1.54, 1.807) is 4.90 Å². The van der Waals surface area contributed by atoms with E-state index in [-0.39, 0.29) is 30.5 Å². The highest BCUT2D eigenvalue weighted by Gasteiger charge is 2.43. The Morgan fingerprint density at radius 1 is 0.945 bits per heavy atom. The van der Waals surface area contributed by atoms with Crippen molar-refractivity contribution in [2.75, 3.05) is 44.7 Å². The fourth-order valence-corrected chi connectivity index (χ4v) is 8.21. The minimum Gasteiger partial charge on any atom is -0.485 e. The number of nitrogens with one attached hydrogen (secondary N) is 1. The van der Waals surface area contributed by atoms with E-state index in [1.165, 1.54) is 7.11 Å². The van der Waals surface area contributed by atoms with Crippen LogP contribution >= 0.6 is 34.8 Å². The number of methoxy groups -OCH3 is 1. The van der Waals surface area contributed by atoms with E-state index >= 15 is 0 Å². The zero-order valence-electron chi connectivity index (χ0n) is 32.1. The number of ether oxygens (including phenoxy) is 3. The van der Waals surface area contributed by atoms with Gasteiger partial charge in [0.2, 0.25) is 5.91 Å². The molecule has 0 bridgehead atoms. The maximum atomic E-state index is 14.8. The number of rotatable bonds is 11. The summed E-state index contributed by atoms with van der Waals surface area (Å²) in [6.45, 7) is 10.3.